The first-order valence-electron chi connectivity index (χ1n) is 11.3. The van der Waals surface area contributed by atoms with Crippen LogP contribution in [-0.4, -0.2) is 22.2 Å². The Labute approximate surface area is 183 Å². The maximum Gasteiger partial charge on any atom is 0.309 e. The first-order valence-corrected chi connectivity index (χ1v) is 11.3. The molecular formula is C26H42O4. The van der Waals surface area contributed by atoms with Crippen LogP contribution in [0.3, 0.4) is 0 Å². The van der Waals surface area contributed by atoms with Crippen LogP contribution in [-0.2, 0) is 22.4 Å². The van der Waals surface area contributed by atoms with Gasteiger partial charge in [-0.05, 0) is 74.3 Å². The minimum absolute atomic E-state index is 0.142. The van der Waals surface area contributed by atoms with E-state index >= 15 is 0 Å². The lowest BCUT2D eigenvalue weighted by Gasteiger charge is -2.38. The predicted octanol–water partition coefficient (Wildman–Crippen LogP) is 6.75. The normalized spacial score (nSPS) is 12.7. The molecule has 2 N–H and O–H groups in total. The largest absolute Gasteiger partial charge is 0.481 e. The van der Waals surface area contributed by atoms with Crippen LogP contribution in [0.5, 0.6) is 0 Å². The van der Waals surface area contributed by atoms with Crippen molar-refractivity contribution in [1.29, 1.82) is 0 Å². The number of unbranched alkanes of at least 4 members (excludes halogenated alkanes) is 2. The lowest BCUT2D eigenvalue weighted by Crippen LogP contribution is -2.39. The Bertz CT molecular complexity index is 701. The summed E-state index contributed by atoms with van der Waals surface area (Å²) in [6, 6.07) is 8.75. The molecule has 0 heterocycles. The molecule has 1 aromatic rings. The predicted molar refractivity (Wildman–Crippen MR) is 123 cm³/mol. The Balaban J connectivity index is 2.42. The zero-order chi connectivity index (χ0) is 23.0. The minimum Gasteiger partial charge on any atom is -0.481 e. The fourth-order valence-corrected chi connectivity index (χ4v) is 3.87. The smallest absolute Gasteiger partial charge is 0.309 e. The Hall–Kier alpha value is -1.84. The number of hydrogen-bond acceptors (Lipinski definition) is 2. The van der Waals surface area contributed by atoms with E-state index in [2.05, 4.69) is 38.1 Å². The Kier molecular flexibility index (Phi) is 9.58. The van der Waals surface area contributed by atoms with Crippen molar-refractivity contribution in [2.24, 2.45) is 16.2 Å². The molecular weight excluding hydrogens is 376 g/mol. The molecule has 170 valence electrons. The van der Waals surface area contributed by atoms with Gasteiger partial charge in [0.25, 0.3) is 0 Å². The topological polar surface area (TPSA) is 74.6 Å². The van der Waals surface area contributed by atoms with Gasteiger partial charge in [0, 0.05) is 0 Å². The first kappa shape index (κ1) is 26.2. The summed E-state index contributed by atoms with van der Waals surface area (Å²) in [6.45, 7) is 11.8. The molecule has 0 aliphatic heterocycles. The van der Waals surface area contributed by atoms with Gasteiger partial charge in [-0.2, -0.15) is 0 Å². The van der Waals surface area contributed by atoms with Gasteiger partial charge in [0.15, 0.2) is 0 Å². The van der Waals surface area contributed by atoms with E-state index in [-0.39, 0.29) is 17.3 Å². The highest BCUT2D eigenvalue weighted by molar-refractivity contribution is 5.74. The van der Waals surface area contributed by atoms with Crippen LogP contribution in [0.2, 0.25) is 0 Å². The van der Waals surface area contributed by atoms with Crippen molar-refractivity contribution in [1.82, 2.24) is 0 Å². The fourth-order valence-electron chi connectivity index (χ4n) is 3.87. The first-order chi connectivity index (χ1) is 13.8. The van der Waals surface area contributed by atoms with Crippen LogP contribution in [0.25, 0.3) is 0 Å². The number of carboxylic acid groups (broad SMARTS) is 2. The summed E-state index contributed by atoms with van der Waals surface area (Å²) < 4.78 is 0. The summed E-state index contributed by atoms with van der Waals surface area (Å²) in [5, 5.41) is 18.5. The molecule has 0 amide bonds. The van der Waals surface area contributed by atoms with E-state index < -0.39 is 17.4 Å². The van der Waals surface area contributed by atoms with Crippen LogP contribution in [0.1, 0.15) is 97.6 Å². The highest BCUT2D eigenvalue weighted by Crippen LogP contribution is 2.42. The summed E-state index contributed by atoms with van der Waals surface area (Å²) >= 11 is 0. The maximum atomic E-state index is 11.5. The summed E-state index contributed by atoms with van der Waals surface area (Å²) in [5.41, 5.74) is 1.57. The molecule has 0 radical (unpaired) electrons. The van der Waals surface area contributed by atoms with E-state index in [1.165, 1.54) is 11.1 Å². The number of carbonyl (C=O) groups is 2. The molecule has 30 heavy (non-hydrogen) atoms. The lowest BCUT2D eigenvalue weighted by molar-refractivity contribution is -0.154. The Morgan fingerprint density at radius 3 is 1.77 bits per heavy atom. The van der Waals surface area contributed by atoms with E-state index in [1.54, 1.807) is 0 Å². The number of benzene rings is 1. The maximum absolute atomic E-state index is 11.5. The van der Waals surface area contributed by atoms with Gasteiger partial charge >= 0.3 is 11.9 Å². The van der Waals surface area contributed by atoms with Gasteiger partial charge in [0.2, 0.25) is 0 Å². The minimum atomic E-state index is -0.730. The van der Waals surface area contributed by atoms with Crippen LogP contribution in [0, 0.1) is 16.2 Å². The number of aliphatic carboxylic acids is 2. The number of rotatable bonds is 14. The van der Waals surface area contributed by atoms with Crippen LogP contribution >= 0.6 is 0 Å². The molecule has 0 atom stereocenters. The number of carboxylic acids is 2. The number of aryl methyl sites for hydroxylation is 2. The molecule has 0 aromatic heterocycles. The van der Waals surface area contributed by atoms with Crippen LogP contribution < -0.4 is 0 Å². The molecule has 4 nitrogen and oxygen atoms in total. The second-order valence-corrected chi connectivity index (χ2v) is 10.8. The van der Waals surface area contributed by atoms with Crippen LogP contribution in [0.15, 0.2) is 24.3 Å². The molecule has 0 unspecified atom stereocenters. The van der Waals surface area contributed by atoms with E-state index in [9.17, 15) is 14.7 Å². The van der Waals surface area contributed by atoms with Gasteiger partial charge in [-0.25, -0.2) is 0 Å². The molecule has 0 fully saturated rings. The third-order valence-electron chi connectivity index (χ3n) is 6.93. The fraction of sp³-hybridized carbons (Fsp3) is 0.692. The summed E-state index contributed by atoms with van der Waals surface area (Å²) in [4.78, 5) is 22.5. The van der Waals surface area contributed by atoms with Crippen LogP contribution in [0.4, 0.5) is 0 Å². The number of hydrogen-bond donors (Lipinski definition) is 2. The molecule has 0 aliphatic rings. The van der Waals surface area contributed by atoms with Crippen molar-refractivity contribution < 1.29 is 19.8 Å². The van der Waals surface area contributed by atoms with Gasteiger partial charge in [-0.3, -0.25) is 9.59 Å². The molecule has 4 heteroatoms. The molecule has 0 saturated carbocycles. The second-order valence-electron chi connectivity index (χ2n) is 10.8. The molecule has 0 aliphatic carbocycles. The van der Waals surface area contributed by atoms with Gasteiger partial charge in [0.1, 0.15) is 0 Å². The van der Waals surface area contributed by atoms with Crippen molar-refractivity contribution in [3.63, 3.8) is 0 Å². The second kappa shape index (κ2) is 11.0. The monoisotopic (exact) mass is 418 g/mol. The Morgan fingerprint density at radius 2 is 1.30 bits per heavy atom. The van der Waals surface area contributed by atoms with E-state index in [4.69, 9.17) is 5.11 Å². The average molecular weight is 419 g/mol. The van der Waals surface area contributed by atoms with E-state index in [0.29, 0.717) is 0 Å². The summed E-state index contributed by atoms with van der Waals surface area (Å²) in [7, 11) is 0. The third-order valence-corrected chi connectivity index (χ3v) is 6.93. The molecule has 0 bridgehead atoms. The Morgan fingerprint density at radius 1 is 0.800 bits per heavy atom. The summed E-state index contributed by atoms with van der Waals surface area (Å²) in [6.07, 6.45) is 8.30. The average Bonchev–Trinajstić information content (AvgIpc) is 2.61. The van der Waals surface area contributed by atoms with E-state index in [1.807, 2.05) is 27.7 Å². The quantitative estimate of drug-likeness (QED) is 0.328. The highest BCUT2D eigenvalue weighted by Gasteiger charge is 2.42. The zero-order valence-corrected chi connectivity index (χ0v) is 19.9. The van der Waals surface area contributed by atoms with Gasteiger partial charge in [-0.1, -0.05) is 64.8 Å². The van der Waals surface area contributed by atoms with Gasteiger partial charge in [0.05, 0.1) is 11.8 Å². The highest BCUT2D eigenvalue weighted by atomic mass is 16.4. The molecule has 1 aromatic carbocycles. The SMILES string of the molecule is CC(C)(CCCCc1cccc(CCCCC(C)(C)C(C)(C)C(=O)O)c1)CC(=O)O. The lowest BCUT2D eigenvalue weighted by atomic mass is 9.65. The van der Waals surface area contributed by atoms with E-state index in [0.717, 1.165) is 51.4 Å². The van der Waals surface area contributed by atoms with Crippen molar-refractivity contribution in [2.75, 3.05) is 0 Å². The van der Waals surface area contributed by atoms with Crippen molar-refractivity contribution >= 4 is 11.9 Å². The van der Waals surface area contributed by atoms with Crippen molar-refractivity contribution in [2.45, 2.75) is 99.3 Å². The van der Waals surface area contributed by atoms with Crippen molar-refractivity contribution in [3.05, 3.63) is 35.4 Å². The summed E-state index contributed by atoms with van der Waals surface area (Å²) in [5.74, 6) is -1.45. The standard InChI is InChI=1S/C26H42O4/c1-24(2,19-22(27)28)16-9-7-12-20-14-11-15-21(18-20)13-8-10-17-25(3,4)26(5,6)23(29)30/h11,14-15,18H,7-10,12-13,16-17,19H2,1-6H3,(H,27,28)(H,29,30). The molecule has 0 saturated heterocycles. The molecule has 1 rings (SSSR count). The van der Waals surface area contributed by atoms with Gasteiger partial charge in [-0.15, -0.1) is 0 Å². The zero-order valence-electron chi connectivity index (χ0n) is 19.9. The third kappa shape index (κ3) is 8.49. The molecule has 0 spiro atoms. The van der Waals surface area contributed by atoms with Gasteiger partial charge < -0.3 is 10.2 Å². The van der Waals surface area contributed by atoms with Crippen molar-refractivity contribution in [3.8, 4) is 0 Å².